The summed E-state index contributed by atoms with van der Waals surface area (Å²) in [7, 11) is 0. The van der Waals surface area contributed by atoms with Gasteiger partial charge in [0, 0.05) is 0 Å². The fraction of sp³-hybridized carbons (Fsp3) is 0.750. The third kappa shape index (κ3) is 6.97. The molecule has 0 aromatic carbocycles. The Labute approximate surface area is 102 Å². The predicted molar refractivity (Wildman–Crippen MR) is 65.7 cm³/mol. The van der Waals surface area contributed by atoms with Gasteiger partial charge in [-0.15, -0.1) is 6.58 Å². The van der Waals surface area contributed by atoms with E-state index in [0.717, 1.165) is 0 Å². The van der Waals surface area contributed by atoms with Crippen LogP contribution in [0.5, 0.6) is 0 Å². The molecule has 0 rings (SSSR count). The number of hydrogen-bond donors (Lipinski definition) is 3. The van der Waals surface area contributed by atoms with E-state index in [1.807, 2.05) is 0 Å². The summed E-state index contributed by atoms with van der Waals surface area (Å²) in [6.45, 7) is 10.2. The third-order valence-electron chi connectivity index (χ3n) is 2.03. The molecular formula is C12H23NO4. The zero-order chi connectivity index (χ0) is 13.6. The normalized spacial score (nSPS) is 16.8. The lowest BCUT2D eigenvalue weighted by molar-refractivity contribution is 0.0202. The van der Waals surface area contributed by atoms with Gasteiger partial charge in [0.2, 0.25) is 0 Å². The van der Waals surface area contributed by atoms with Crippen molar-refractivity contribution in [2.24, 2.45) is 0 Å². The summed E-state index contributed by atoms with van der Waals surface area (Å²) >= 11 is 0. The SMILES string of the molecule is C=CC[C@H](O)[C@H](NC(=O)OC(C)(C)C)[C@H](C)O. The molecule has 0 aliphatic heterocycles. The maximum Gasteiger partial charge on any atom is 0.408 e. The zero-order valence-corrected chi connectivity index (χ0v) is 10.9. The molecule has 0 aliphatic carbocycles. The second-order valence-electron chi connectivity index (χ2n) is 5.00. The van der Waals surface area contributed by atoms with Gasteiger partial charge in [0.05, 0.1) is 18.2 Å². The van der Waals surface area contributed by atoms with Crippen LogP contribution in [-0.4, -0.2) is 40.2 Å². The summed E-state index contributed by atoms with van der Waals surface area (Å²) in [4.78, 5) is 11.5. The zero-order valence-electron chi connectivity index (χ0n) is 10.9. The molecule has 0 heterocycles. The predicted octanol–water partition coefficient (Wildman–Crippen LogP) is 1.20. The van der Waals surface area contributed by atoms with Gasteiger partial charge in [-0.25, -0.2) is 4.79 Å². The van der Waals surface area contributed by atoms with Crippen LogP contribution in [0.4, 0.5) is 4.79 Å². The average molecular weight is 245 g/mol. The Balaban J connectivity index is 4.45. The highest BCUT2D eigenvalue weighted by Crippen LogP contribution is 2.09. The number of nitrogens with one attached hydrogen (secondary N) is 1. The van der Waals surface area contributed by atoms with Gasteiger partial charge in [-0.2, -0.15) is 0 Å². The number of ether oxygens (including phenoxy) is 1. The van der Waals surface area contributed by atoms with Crippen molar-refractivity contribution in [1.82, 2.24) is 5.32 Å². The summed E-state index contributed by atoms with van der Waals surface area (Å²) in [6, 6.07) is -0.775. The number of aliphatic hydroxyl groups is 2. The second-order valence-corrected chi connectivity index (χ2v) is 5.00. The quantitative estimate of drug-likeness (QED) is 0.636. The van der Waals surface area contributed by atoms with Gasteiger partial charge in [0.1, 0.15) is 5.60 Å². The van der Waals surface area contributed by atoms with Crippen molar-refractivity contribution in [3.63, 3.8) is 0 Å². The number of carbonyl (C=O) groups is 1. The first-order valence-electron chi connectivity index (χ1n) is 5.64. The average Bonchev–Trinajstić information content (AvgIpc) is 2.11. The van der Waals surface area contributed by atoms with Crippen LogP contribution in [0.15, 0.2) is 12.7 Å². The molecule has 5 nitrogen and oxygen atoms in total. The van der Waals surface area contributed by atoms with Gasteiger partial charge in [-0.3, -0.25) is 0 Å². The van der Waals surface area contributed by atoms with E-state index >= 15 is 0 Å². The van der Waals surface area contributed by atoms with Crippen LogP contribution >= 0.6 is 0 Å². The van der Waals surface area contributed by atoms with Crippen molar-refractivity contribution in [3.8, 4) is 0 Å². The summed E-state index contributed by atoms with van der Waals surface area (Å²) in [6.07, 6.45) is -0.619. The van der Waals surface area contributed by atoms with Gasteiger partial charge >= 0.3 is 6.09 Å². The van der Waals surface area contributed by atoms with E-state index in [-0.39, 0.29) is 6.42 Å². The number of amides is 1. The molecule has 0 aromatic heterocycles. The Morgan fingerprint density at radius 1 is 1.47 bits per heavy atom. The highest BCUT2D eigenvalue weighted by Gasteiger charge is 2.27. The molecule has 0 aliphatic rings. The highest BCUT2D eigenvalue weighted by atomic mass is 16.6. The van der Waals surface area contributed by atoms with Crippen molar-refractivity contribution < 1.29 is 19.7 Å². The number of alkyl carbamates (subject to hydrolysis) is 1. The molecule has 100 valence electrons. The summed E-state index contributed by atoms with van der Waals surface area (Å²) < 4.78 is 5.05. The molecule has 0 saturated heterocycles. The second kappa shape index (κ2) is 6.61. The van der Waals surface area contributed by atoms with E-state index in [1.54, 1.807) is 20.8 Å². The fourth-order valence-electron chi connectivity index (χ4n) is 1.30. The minimum atomic E-state index is -0.889. The first-order chi connectivity index (χ1) is 7.67. The lowest BCUT2D eigenvalue weighted by Gasteiger charge is -2.27. The Kier molecular flexibility index (Phi) is 6.20. The third-order valence-corrected chi connectivity index (χ3v) is 2.03. The molecule has 0 saturated carbocycles. The van der Waals surface area contributed by atoms with Gasteiger partial charge in [0.15, 0.2) is 0 Å². The molecule has 0 fully saturated rings. The lowest BCUT2D eigenvalue weighted by atomic mass is 10.0. The number of carbonyl (C=O) groups excluding carboxylic acids is 1. The van der Waals surface area contributed by atoms with Crippen LogP contribution < -0.4 is 5.32 Å². The smallest absolute Gasteiger partial charge is 0.408 e. The van der Waals surface area contributed by atoms with Crippen molar-refractivity contribution in [3.05, 3.63) is 12.7 Å². The van der Waals surface area contributed by atoms with E-state index in [2.05, 4.69) is 11.9 Å². The monoisotopic (exact) mass is 245 g/mol. The highest BCUT2D eigenvalue weighted by molar-refractivity contribution is 5.68. The number of aliphatic hydroxyl groups excluding tert-OH is 2. The van der Waals surface area contributed by atoms with Crippen LogP contribution in [0.25, 0.3) is 0 Å². The molecule has 1 amide bonds. The van der Waals surface area contributed by atoms with E-state index in [9.17, 15) is 15.0 Å². The van der Waals surface area contributed by atoms with Crippen molar-refractivity contribution in [2.75, 3.05) is 0 Å². The molecule has 3 N–H and O–H groups in total. The van der Waals surface area contributed by atoms with Gasteiger partial charge in [0.25, 0.3) is 0 Å². The maximum atomic E-state index is 11.5. The first-order valence-corrected chi connectivity index (χ1v) is 5.64. The van der Waals surface area contributed by atoms with Crippen molar-refractivity contribution >= 4 is 6.09 Å². The molecule has 17 heavy (non-hydrogen) atoms. The molecule has 0 aromatic rings. The lowest BCUT2D eigenvalue weighted by Crippen LogP contribution is -2.51. The van der Waals surface area contributed by atoms with E-state index < -0.39 is 29.9 Å². The number of hydrogen-bond acceptors (Lipinski definition) is 4. The van der Waals surface area contributed by atoms with Crippen LogP contribution in [-0.2, 0) is 4.74 Å². The molecule has 5 heteroatoms. The molecular weight excluding hydrogens is 222 g/mol. The molecule has 0 radical (unpaired) electrons. The Morgan fingerprint density at radius 3 is 2.35 bits per heavy atom. The van der Waals surface area contributed by atoms with Gasteiger partial charge in [-0.1, -0.05) is 6.08 Å². The summed E-state index contributed by atoms with van der Waals surface area (Å²) in [5.41, 5.74) is -0.614. The van der Waals surface area contributed by atoms with Crippen LogP contribution in [0.3, 0.4) is 0 Å². The van der Waals surface area contributed by atoms with Crippen LogP contribution in [0.1, 0.15) is 34.1 Å². The summed E-state index contributed by atoms with van der Waals surface area (Å²) in [5.74, 6) is 0. The Morgan fingerprint density at radius 2 is 2.00 bits per heavy atom. The van der Waals surface area contributed by atoms with Crippen LogP contribution in [0.2, 0.25) is 0 Å². The van der Waals surface area contributed by atoms with E-state index in [4.69, 9.17) is 4.74 Å². The standard InChI is InChI=1S/C12H23NO4/c1-6-7-9(15)10(8(2)14)13-11(16)17-12(3,4)5/h6,8-10,14-15H,1,7H2,2-5H3,(H,13,16)/t8-,9-,10+/m0/s1. The van der Waals surface area contributed by atoms with E-state index in [1.165, 1.54) is 13.0 Å². The summed E-state index contributed by atoms with van der Waals surface area (Å²) in [5, 5.41) is 21.7. The minimum absolute atomic E-state index is 0.283. The Hall–Kier alpha value is -1.07. The van der Waals surface area contributed by atoms with Crippen molar-refractivity contribution in [1.29, 1.82) is 0 Å². The minimum Gasteiger partial charge on any atom is -0.444 e. The maximum absolute atomic E-state index is 11.5. The molecule has 0 unspecified atom stereocenters. The van der Waals surface area contributed by atoms with Gasteiger partial charge in [-0.05, 0) is 34.1 Å². The topological polar surface area (TPSA) is 78.8 Å². The largest absolute Gasteiger partial charge is 0.444 e. The molecule has 0 spiro atoms. The fourth-order valence-corrected chi connectivity index (χ4v) is 1.30. The van der Waals surface area contributed by atoms with Gasteiger partial charge < -0.3 is 20.3 Å². The molecule has 3 atom stereocenters. The molecule has 0 bridgehead atoms. The van der Waals surface area contributed by atoms with Crippen molar-refractivity contribution in [2.45, 2.75) is 58.0 Å². The van der Waals surface area contributed by atoms with E-state index in [0.29, 0.717) is 0 Å². The number of rotatable bonds is 5. The Bertz CT molecular complexity index is 258. The van der Waals surface area contributed by atoms with Crippen LogP contribution in [0, 0.1) is 0 Å². The first kappa shape index (κ1) is 15.9.